The molecule has 1 aliphatic heterocycles. The second kappa shape index (κ2) is 11.1. The standard InChI is InChI=1S/C25H24ClN7O4S/c26-22-7-6-21(38-22)24(35)28-14-16-15-33(30-29-16)19-5-4-17(32-10-2-1-3-23(32)34)13-20(19)37-18-8-11-31(12-9-18)25(27)36/h1-7,10,13,15,18H,8-9,11-12,14H2,(H2,27,36)(H,28,35). The van der Waals surface area contributed by atoms with Crippen molar-refractivity contribution in [2.75, 3.05) is 13.1 Å². The molecule has 0 atom stereocenters. The van der Waals surface area contributed by atoms with Crippen LogP contribution in [0.3, 0.4) is 0 Å². The number of hydrogen-bond donors (Lipinski definition) is 2. The van der Waals surface area contributed by atoms with Crippen LogP contribution in [-0.2, 0) is 6.54 Å². The lowest BCUT2D eigenvalue weighted by molar-refractivity contribution is 0.0954. The van der Waals surface area contributed by atoms with Gasteiger partial charge in [-0.15, -0.1) is 16.4 Å². The lowest BCUT2D eigenvalue weighted by Crippen LogP contribution is -2.44. The van der Waals surface area contributed by atoms with E-state index >= 15 is 0 Å². The van der Waals surface area contributed by atoms with Gasteiger partial charge in [-0.2, -0.15) is 0 Å². The number of piperidine rings is 1. The van der Waals surface area contributed by atoms with E-state index in [1.807, 2.05) is 0 Å². The van der Waals surface area contributed by atoms with Crippen LogP contribution in [0, 0.1) is 0 Å². The van der Waals surface area contributed by atoms with Crippen LogP contribution in [0.2, 0.25) is 4.34 Å². The highest BCUT2D eigenvalue weighted by Gasteiger charge is 2.24. The Morgan fingerprint density at radius 3 is 2.68 bits per heavy atom. The molecule has 0 aliphatic carbocycles. The van der Waals surface area contributed by atoms with Crippen LogP contribution >= 0.6 is 22.9 Å². The van der Waals surface area contributed by atoms with E-state index in [1.54, 1.807) is 64.4 Å². The second-order valence-electron chi connectivity index (χ2n) is 8.64. The molecule has 4 aromatic rings. The quantitative estimate of drug-likeness (QED) is 0.361. The number of nitrogens with two attached hydrogens (primary N) is 1. The van der Waals surface area contributed by atoms with Crippen LogP contribution in [0.5, 0.6) is 5.75 Å². The number of nitrogens with zero attached hydrogens (tertiary/aromatic N) is 5. The van der Waals surface area contributed by atoms with Crippen LogP contribution in [-0.4, -0.2) is 55.6 Å². The molecule has 1 saturated heterocycles. The van der Waals surface area contributed by atoms with Gasteiger partial charge in [-0.3, -0.25) is 14.2 Å². The Kier molecular flexibility index (Phi) is 7.43. The monoisotopic (exact) mass is 553 g/mol. The zero-order valence-corrected chi connectivity index (χ0v) is 21.7. The molecule has 0 saturated carbocycles. The maximum absolute atomic E-state index is 12.4. The Morgan fingerprint density at radius 2 is 1.97 bits per heavy atom. The van der Waals surface area contributed by atoms with Crippen molar-refractivity contribution in [2.24, 2.45) is 5.73 Å². The summed E-state index contributed by atoms with van der Waals surface area (Å²) in [6, 6.07) is 13.2. The predicted molar refractivity (Wildman–Crippen MR) is 142 cm³/mol. The van der Waals surface area contributed by atoms with Gasteiger partial charge in [0.15, 0.2) is 0 Å². The highest BCUT2D eigenvalue weighted by Crippen LogP contribution is 2.29. The van der Waals surface area contributed by atoms with E-state index in [4.69, 9.17) is 22.1 Å². The van der Waals surface area contributed by atoms with Crippen molar-refractivity contribution in [1.82, 2.24) is 29.8 Å². The molecule has 0 radical (unpaired) electrons. The molecule has 0 unspecified atom stereocenters. The van der Waals surface area contributed by atoms with E-state index in [0.29, 0.717) is 58.0 Å². The van der Waals surface area contributed by atoms with E-state index in [-0.39, 0.29) is 24.1 Å². The van der Waals surface area contributed by atoms with Gasteiger partial charge in [-0.1, -0.05) is 22.9 Å². The van der Waals surface area contributed by atoms with Crippen molar-refractivity contribution < 1.29 is 14.3 Å². The third-order valence-corrected chi connectivity index (χ3v) is 7.34. The summed E-state index contributed by atoms with van der Waals surface area (Å²) in [5.74, 6) is 0.255. The molecule has 1 fully saturated rings. The number of urea groups is 1. The molecule has 3 aromatic heterocycles. The molecule has 38 heavy (non-hydrogen) atoms. The zero-order chi connectivity index (χ0) is 26.6. The minimum Gasteiger partial charge on any atom is -0.488 e. The van der Waals surface area contributed by atoms with Crippen LogP contribution in [0.4, 0.5) is 4.79 Å². The summed E-state index contributed by atoms with van der Waals surface area (Å²) in [5.41, 5.74) is 7.03. The smallest absolute Gasteiger partial charge is 0.314 e. The van der Waals surface area contributed by atoms with Gasteiger partial charge in [0, 0.05) is 44.3 Å². The Bertz CT molecular complexity index is 1520. The molecule has 196 valence electrons. The Hall–Kier alpha value is -4.16. The van der Waals surface area contributed by atoms with Crippen LogP contribution in [0.25, 0.3) is 11.4 Å². The van der Waals surface area contributed by atoms with Crippen LogP contribution in [0.1, 0.15) is 28.2 Å². The first-order chi connectivity index (χ1) is 18.4. The largest absolute Gasteiger partial charge is 0.488 e. The van der Waals surface area contributed by atoms with Crippen molar-refractivity contribution >= 4 is 34.9 Å². The number of thiophene rings is 1. The summed E-state index contributed by atoms with van der Waals surface area (Å²) in [5, 5.41) is 11.2. The number of amides is 3. The topological polar surface area (TPSA) is 137 Å². The summed E-state index contributed by atoms with van der Waals surface area (Å²) in [4.78, 5) is 38.4. The molecular weight excluding hydrogens is 530 g/mol. The van der Waals surface area contributed by atoms with E-state index < -0.39 is 6.03 Å². The molecule has 1 aromatic carbocycles. The van der Waals surface area contributed by atoms with Gasteiger partial charge in [0.05, 0.1) is 27.6 Å². The first-order valence-corrected chi connectivity index (χ1v) is 13.0. The molecule has 0 bridgehead atoms. The summed E-state index contributed by atoms with van der Waals surface area (Å²) in [6.45, 7) is 1.17. The van der Waals surface area contributed by atoms with Gasteiger partial charge in [0.1, 0.15) is 23.2 Å². The van der Waals surface area contributed by atoms with Gasteiger partial charge < -0.3 is 20.7 Å². The lowest BCUT2D eigenvalue weighted by atomic mass is 10.1. The summed E-state index contributed by atoms with van der Waals surface area (Å²) < 4.78 is 10.00. The van der Waals surface area contributed by atoms with Gasteiger partial charge in [0.25, 0.3) is 11.5 Å². The number of benzene rings is 1. The minimum atomic E-state index is -0.445. The number of hydrogen-bond acceptors (Lipinski definition) is 7. The van der Waals surface area contributed by atoms with Gasteiger partial charge >= 0.3 is 6.03 Å². The predicted octanol–water partition coefficient (Wildman–Crippen LogP) is 2.99. The number of primary amides is 1. The molecule has 0 spiro atoms. The minimum absolute atomic E-state index is 0.160. The van der Waals surface area contributed by atoms with Crippen molar-refractivity contribution in [3.05, 3.63) is 86.2 Å². The fourth-order valence-electron chi connectivity index (χ4n) is 4.14. The van der Waals surface area contributed by atoms with Crippen LogP contribution in [0.15, 0.2) is 65.7 Å². The molecule has 13 heteroatoms. The molecule has 1 aliphatic rings. The third-order valence-electron chi connectivity index (χ3n) is 6.11. The zero-order valence-electron chi connectivity index (χ0n) is 20.1. The Labute approximate surface area is 226 Å². The molecule has 4 heterocycles. The normalized spacial score (nSPS) is 13.9. The highest BCUT2D eigenvalue weighted by molar-refractivity contribution is 7.18. The van der Waals surface area contributed by atoms with Crippen molar-refractivity contribution in [1.29, 1.82) is 0 Å². The van der Waals surface area contributed by atoms with E-state index in [2.05, 4.69) is 15.6 Å². The van der Waals surface area contributed by atoms with Crippen molar-refractivity contribution in [3.63, 3.8) is 0 Å². The molecule has 3 N–H and O–H groups in total. The SMILES string of the molecule is NC(=O)N1CCC(Oc2cc(-n3ccccc3=O)ccc2-n2cc(CNC(=O)c3ccc(Cl)s3)nn2)CC1. The first kappa shape index (κ1) is 25.5. The summed E-state index contributed by atoms with van der Waals surface area (Å²) in [7, 11) is 0. The molecule has 11 nitrogen and oxygen atoms in total. The molecule has 5 rings (SSSR count). The number of carbonyl (C=O) groups excluding carboxylic acids is 2. The number of rotatable bonds is 7. The number of carbonyl (C=O) groups is 2. The number of nitrogens with one attached hydrogen (secondary N) is 1. The number of pyridine rings is 1. The fourth-order valence-corrected chi connectivity index (χ4v) is 5.10. The number of likely N-dealkylation sites (tertiary alicyclic amines) is 1. The van der Waals surface area contributed by atoms with E-state index in [9.17, 15) is 14.4 Å². The summed E-state index contributed by atoms with van der Waals surface area (Å²) >= 11 is 7.11. The lowest BCUT2D eigenvalue weighted by Gasteiger charge is -2.31. The number of ether oxygens (including phenoxy) is 1. The molecule has 3 amide bonds. The van der Waals surface area contributed by atoms with Crippen LogP contribution < -0.4 is 21.3 Å². The third kappa shape index (κ3) is 5.71. The highest BCUT2D eigenvalue weighted by atomic mass is 35.5. The Balaban J connectivity index is 1.38. The van der Waals surface area contributed by atoms with Crippen molar-refractivity contribution in [2.45, 2.75) is 25.5 Å². The van der Waals surface area contributed by atoms with Gasteiger partial charge in [0.2, 0.25) is 0 Å². The van der Waals surface area contributed by atoms with E-state index in [0.717, 1.165) is 0 Å². The van der Waals surface area contributed by atoms with Gasteiger partial charge in [-0.05, 0) is 30.3 Å². The summed E-state index contributed by atoms with van der Waals surface area (Å²) in [6.07, 6.45) is 4.45. The van der Waals surface area contributed by atoms with Gasteiger partial charge in [-0.25, -0.2) is 9.48 Å². The number of halogens is 1. The average Bonchev–Trinajstić information content (AvgIpc) is 3.57. The fraction of sp³-hybridized carbons (Fsp3) is 0.240. The average molecular weight is 554 g/mol. The maximum atomic E-state index is 12.4. The number of aromatic nitrogens is 4. The van der Waals surface area contributed by atoms with E-state index in [1.165, 1.54) is 22.0 Å². The maximum Gasteiger partial charge on any atom is 0.314 e. The first-order valence-electron chi connectivity index (χ1n) is 11.9. The Morgan fingerprint density at radius 1 is 1.16 bits per heavy atom. The van der Waals surface area contributed by atoms with Crippen molar-refractivity contribution in [3.8, 4) is 17.1 Å². The second-order valence-corrected chi connectivity index (χ2v) is 10.4. The molecular formula is C25H24ClN7O4S.